The highest BCUT2D eigenvalue weighted by atomic mass is 35.5. The van der Waals surface area contributed by atoms with Crippen LogP contribution in [0.5, 0.6) is 0 Å². The monoisotopic (exact) mass is 231 g/mol. The van der Waals surface area contributed by atoms with Crippen molar-refractivity contribution in [1.82, 2.24) is 0 Å². The van der Waals surface area contributed by atoms with Crippen molar-refractivity contribution in [2.24, 2.45) is 11.7 Å². The van der Waals surface area contributed by atoms with E-state index in [0.29, 0.717) is 19.8 Å². The van der Waals surface area contributed by atoms with Crippen molar-refractivity contribution in [3.8, 4) is 0 Å². The Kier molecular flexibility index (Phi) is 8.33. The summed E-state index contributed by atoms with van der Waals surface area (Å²) in [6, 6.07) is 9.95. The van der Waals surface area contributed by atoms with E-state index in [-0.39, 0.29) is 24.9 Å². The Hall–Kier alpha value is -0.610. The Morgan fingerprint density at radius 3 is 2.47 bits per heavy atom. The highest BCUT2D eigenvalue weighted by Gasteiger charge is 2.04. The van der Waals surface area contributed by atoms with E-state index in [1.165, 1.54) is 0 Å². The second-order valence-electron chi connectivity index (χ2n) is 3.29. The third kappa shape index (κ3) is 5.74. The fourth-order valence-corrected chi connectivity index (χ4v) is 1.11. The summed E-state index contributed by atoms with van der Waals surface area (Å²) in [5.74, 6) is 0.0544. The van der Waals surface area contributed by atoms with E-state index >= 15 is 0 Å². The lowest BCUT2D eigenvalue weighted by Gasteiger charge is -2.11. The number of rotatable bonds is 6. The van der Waals surface area contributed by atoms with Gasteiger partial charge < -0.3 is 15.6 Å². The normalized spacial score (nSPS) is 11.9. The first-order valence-corrected chi connectivity index (χ1v) is 4.79. The molecule has 1 aromatic carbocycles. The molecule has 0 amide bonds. The Balaban J connectivity index is 0.00000196. The number of nitrogens with two attached hydrogens (primary N) is 1. The molecule has 0 aliphatic carbocycles. The first-order chi connectivity index (χ1) is 6.86. The highest BCUT2D eigenvalue weighted by Crippen LogP contribution is 2.02. The molecule has 0 unspecified atom stereocenters. The lowest BCUT2D eigenvalue weighted by molar-refractivity contribution is 0.0660. The van der Waals surface area contributed by atoms with Crippen LogP contribution >= 0.6 is 12.4 Å². The number of benzene rings is 1. The molecular weight excluding hydrogens is 214 g/mol. The summed E-state index contributed by atoms with van der Waals surface area (Å²) in [4.78, 5) is 0. The molecule has 0 saturated heterocycles. The molecule has 0 fully saturated rings. The molecule has 3 N–H and O–H groups in total. The Bertz CT molecular complexity index is 240. The largest absolute Gasteiger partial charge is 0.396 e. The zero-order valence-corrected chi connectivity index (χ0v) is 9.45. The molecule has 0 aliphatic heterocycles. The van der Waals surface area contributed by atoms with Gasteiger partial charge in [0.2, 0.25) is 0 Å². The van der Waals surface area contributed by atoms with Crippen LogP contribution in [0.3, 0.4) is 0 Å². The van der Waals surface area contributed by atoms with E-state index < -0.39 is 0 Å². The maximum atomic E-state index is 8.86. The molecule has 0 saturated carbocycles. The van der Waals surface area contributed by atoms with Crippen LogP contribution in [0.4, 0.5) is 0 Å². The van der Waals surface area contributed by atoms with Gasteiger partial charge in [0.05, 0.1) is 13.2 Å². The standard InChI is InChI=1S/C11H17NO2.ClH/c12-6-11(7-13)9-14-8-10-4-2-1-3-5-10;/h1-5,11,13H,6-9,12H2;1H/t11-;/m1./s1. The van der Waals surface area contributed by atoms with E-state index in [2.05, 4.69) is 0 Å². The number of hydrogen-bond acceptors (Lipinski definition) is 3. The Morgan fingerprint density at radius 2 is 1.93 bits per heavy atom. The number of hydrogen-bond donors (Lipinski definition) is 2. The Morgan fingerprint density at radius 1 is 1.27 bits per heavy atom. The highest BCUT2D eigenvalue weighted by molar-refractivity contribution is 5.85. The van der Waals surface area contributed by atoms with Gasteiger partial charge in [0.1, 0.15) is 0 Å². The van der Waals surface area contributed by atoms with E-state index in [4.69, 9.17) is 15.6 Å². The lowest BCUT2D eigenvalue weighted by Crippen LogP contribution is -2.23. The molecule has 3 nitrogen and oxygen atoms in total. The zero-order chi connectivity index (χ0) is 10.2. The maximum absolute atomic E-state index is 8.86. The molecule has 86 valence electrons. The molecule has 1 aromatic rings. The summed E-state index contributed by atoms with van der Waals surface area (Å²) in [6.45, 7) is 1.65. The minimum absolute atomic E-state index is 0. The van der Waals surface area contributed by atoms with Gasteiger partial charge in [-0.15, -0.1) is 12.4 Å². The van der Waals surface area contributed by atoms with Crippen LogP contribution in [0.25, 0.3) is 0 Å². The average Bonchev–Trinajstić information content (AvgIpc) is 2.26. The van der Waals surface area contributed by atoms with Crippen LogP contribution in [0, 0.1) is 5.92 Å². The molecule has 4 heteroatoms. The van der Waals surface area contributed by atoms with Crippen molar-refractivity contribution in [2.45, 2.75) is 6.61 Å². The van der Waals surface area contributed by atoms with E-state index in [1.807, 2.05) is 30.3 Å². The first-order valence-electron chi connectivity index (χ1n) is 4.79. The first kappa shape index (κ1) is 14.4. The van der Waals surface area contributed by atoms with Crippen LogP contribution < -0.4 is 5.73 Å². The predicted octanol–water partition coefficient (Wildman–Crippen LogP) is 1.19. The molecule has 0 bridgehead atoms. The van der Waals surface area contributed by atoms with Crippen molar-refractivity contribution in [1.29, 1.82) is 0 Å². The van der Waals surface area contributed by atoms with Gasteiger partial charge in [-0.1, -0.05) is 30.3 Å². The Labute approximate surface area is 96.7 Å². The second kappa shape index (κ2) is 8.68. The molecule has 1 rings (SSSR count). The predicted molar refractivity (Wildman–Crippen MR) is 63.0 cm³/mol. The minimum Gasteiger partial charge on any atom is -0.396 e. The van der Waals surface area contributed by atoms with Gasteiger partial charge in [-0.2, -0.15) is 0 Å². The fourth-order valence-electron chi connectivity index (χ4n) is 1.11. The maximum Gasteiger partial charge on any atom is 0.0717 e. The number of aliphatic hydroxyl groups is 1. The molecule has 0 spiro atoms. The second-order valence-corrected chi connectivity index (χ2v) is 3.29. The van der Waals surface area contributed by atoms with Gasteiger partial charge in [-0.25, -0.2) is 0 Å². The summed E-state index contributed by atoms with van der Waals surface area (Å²) in [5.41, 5.74) is 6.56. The van der Waals surface area contributed by atoms with Crippen LogP contribution in [0.1, 0.15) is 5.56 Å². The number of halogens is 1. The van der Waals surface area contributed by atoms with Crippen LogP contribution in [0.2, 0.25) is 0 Å². The van der Waals surface area contributed by atoms with Gasteiger partial charge in [-0.3, -0.25) is 0 Å². The summed E-state index contributed by atoms with van der Waals surface area (Å²) < 4.78 is 5.42. The molecule has 0 heterocycles. The van der Waals surface area contributed by atoms with E-state index in [0.717, 1.165) is 5.56 Å². The summed E-state index contributed by atoms with van der Waals surface area (Å²) >= 11 is 0. The third-order valence-electron chi connectivity index (χ3n) is 2.06. The molecule has 0 radical (unpaired) electrons. The van der Waals surface area contributed by atoms with Crippen LogP contribution in [-0.4, -0.2) is 24.9 Å². The molecule has 0 aromatic heterocycles. The molecule has 0 aliphatic rings. The number of ether oxygens (including phenoxy) is 1. The zero-order valence-electron chi connectivity index (χ0n) is 8.63. The minimum atomic E-state index is 0. The van der Waals surface area contributed by atoms with Gasteiger partial charge in [0, 0.05) is 12.5 Å². The summed E-state index contributed by atoms with van der Waals surface area (Å²) in [6.07, 6.45) is 0. The SMILES string of the molecule is Cl.NC[C@H](CO)COCc1ccccc1. The molecule has 1 atom stereocenters. The van der Waals surface area contributed by atoms with Gasteiger partial charge >= 0.3 is 0 Å². The quantitative estimate of drug-likeness (QED) is 0.774. The van der Waals surface area contributed by atoms with Crippen LogP contribution in [-0.2, 0) is 11.3 Å². The van der Waals surface area contributed by atoms with Gasteiger partial charge in [-0.05, 0) is 12.1 Å². The third-order valence-corrected chi connectivity index (χ3v) is 2.06. The lowest BCUT2D eigenvalue weighted by atomic mass is 10.2. The fraction of sp³-hybridized carbons (Fsp3) is 0.455. The summed E-state index contributed by atoms with van der Waals surface area (Å²) in [7, 11) is 0. The summed E-state index contributed by atoms with van der Waals surface area (Å²) in [5, 5.41) is 8.86. The number of aliphatic hydroxyl groups excluding tert-OH is 1. The average molecular weight is 232 g/mol. The van der Waals surface area contributed by atoms with Crippen molar-refractivity contribution < 1.29 is 9.84 Å². The van der Waals surface area contributed by atoms with E-state index in [9.17, 15) is 0 Å². The molecule has 15 heavy (non-hydrogen) atoms. The van der Waals surface area contributed by atoms with Gasteiger partial charge in [0.25, 0.3) is 0 Å². The van der Waals surface area contributed by atoms with Crippen LogP contribution in [0.15, 0.2) is 30.3 Å². The van der Waals surface area contributed by atoms with Gasteiger partial charge in [0.15, 0.2) is 0 Å². The van der Waals surface area contributed by atoms with Crippen molar-refractivity contribution in [2.75, 3.05) is 19.8 Å². The topological polar surface area (TPSA) is 55.5 Å². The van der Waals surface area contributed by atoms with Crippen molar-refractivity contribution in [3.05, 3.63) is 35.9 Å². The molecular formula is C11H18ClNO2. The van der Waals surface area contributed by atoms with Crippen molar-refractivity contribution >= 4 is 12.4 Å². The van der Waals surface area contributed by atoms with E-state index in [1.54, 1.807) is 0 Å². The van der Waals surface area contributed by atoms with Crippen molar-refractivity contribution in [3.63, 3.8) is 0 Å². The smallest absolute Gasteiger partial charge is 0.0717 e.